The molecule has 2 heterocycles. The fourth-order valence-electron chi connectivity index (χ4n) is 3.10. The highest BCUT2D eigenvalue weighted by atomic mass is 19.4. The van der Waals surface area contributed by atoms with Crippen molar-refractivity contribution in [1.29, 1.82) is 0 Å². The third-order valence-electron chi connectivity index (χ3n) is 4.49. The number of carbonyl (C=O) groups excluding carboxylic acids is 1. The maximum atomic E-state index is 12.2. The van der Waals surface area contributed by atoms with Crippen LogP contribution in [0.1, 0.15) is 19.8 Å². The van der Waals surface area contributed by atoms with Crippen molar-refractivity contribution in [2.45, 2.75) is 26.1 Å². The summed E-state index contributed by atoms with van der Waals surface area (Å²) in [4.78, 5) is 17.2. The lowest BCUT2D eigenvalue weighted by Gasteiger charge is -2.33. The SMILES string of the molecule is C=CC(=O)N1CCC(/C(=C/C=C\C)C(=C)Nc2ccc(OC(F)(F)F)nc2)CC1. The summed E-state index contributed by atoms with van der Waals surface area (Å²) < 4.78 is 40.5. The molecule has 0 radical (unpaired) electrons. The van der Waals surface area contributed by atoms with Gasteiger partial charge in [0, 0.05) is 24.9 Å². The molecule has 2 rings (SSSR count). The molecule has 0 unspecified atom stereocenters. The average Bonchev–Trinajstić information content (AvgIpc) is 2.68. The number of hydrogen-bond acceptors (Lipinski definition) is 4. The summed E-state index contributed by atoms with van der Waals surface area (Å²) >= 11 is 0. The number of carbonyl (C=O) groups is 1. The lowest BCUT2D eigenvalue weighted by atomic mass is 9.87. The van der Waals surface area contributed by atoms with Gasteiger partial charge in [-0.2, -0.15) is 0 Å². The fourth-order valence-corrected chi connectivity index (χ4v) is 3.10. The smallest absolute Gasteiger partial charge is 0.388 e. The van der Waals surface area contributed by atoms with Crippen molar-refractivity contribution in [1.82, 2.24) is 9.88 Å². The molecule has 0 aromatic carbocycles. The maximum Gasteiger partial charge on any atom is 0.574 e. The predicted octanol–water partition coefficient (Wildman–Crippen LogP) is 4.83. The van der Waals surface area contributed by atoms with E-state index in [2.05, 4.69) is 28.2 Å². The van der Waals surface area contributed by atoms with Gasteiger partial charge in [-0.15, -0.1) is 13.2 Å². The molecule has 0 spiro atoms. The summed E-state index contributed by atoms with van der Waals surface area (Å²) in [5, 5.41) is 3.09. The molecule has 1 fully saturated rings. The van der Waals surface area contributed by atoms with Crippen LogP contribution >= 0.6 is 0 Å². The molecule has 1 N–H and O–H groups in total. The predicted molar refractivity (Wildman–Crippen MR) is 106 cm³/mol. The molecule has 29 heavy (non-hydrogen) atoms. The number of alkyl halides is 3. The Labute approximate surface area is 168 Å². The number of halogens is 3. The number of likely N-dealkylation sites (tertiary alicyclic amines) is 1. The molecule has 0 aliphatic carbocycles. The quantitative estimate of drug-likeness (QED) is 0.520. The number of amides is 1. The summed E-state index contributed by atoms with van der Waals surface area (Å²) in [5.41, 5.74) is 2.10. The third kappa shape index (κ3) is 6.81. The maximum absolute atomic E-state index is 12.2. The van der Waals surface area contributed by atoms with Gasteiger partial charge in [-0.3, -0.25) is 4.79 Å². The van der Waals surface area contributed by atoms with Crippen LogP contribution in [0.15, 0.2) is 67.1 Å². The monoisotopic (exact) mass is 407 g/mol. The molecule has 156 valence electrons. The summed E-state index contributed by atoms with van der Waals surface area (Å²) in [5.74, 6) is -0.412. The van der Waals surface area contributed by atoms with Crippen molar-refractivity contribution < 1.29 is 22.7 Å². The minimum Gasteiger partial charge on any atom is -0.388 e. The van der Waals surface area contributed by atoms with Gasteiger partial charge in [-0.05, 0) is 43.4 Å². The second-order valence-corrected chi connectivity index (χ2v) is 6.49. The molecule has 1 aliphatic rings. The van der Waals surface area contributed by atoms with Gasteiger partial charge in [0.25, 0.3) is 0 Å². The molecule has 8 heteroatoms. The number of aromatic nitrogens is 1. The molecule has 1 amide bonds. The van der Waals surface area contributed by atoms with E-state index >= 15 is 0 Å². The Balaban J connectivity index is 2.06. The number of anilines is 1. The van der Waals surface area contributed by atoms with Crippen molar-refractivity contribution in [2.75, 3.05) is 18.4 Å². The van der Waals surface area contributed by atoms with Crippen molar-refractivity contribution >= 4 is 11.6 Å². The number of pyridine rings is 1. The molecule has 5 nitrogen and oxygen atoms in total. The van der Waals surface area contributed by atoms with E-state index in [9.17, 15) is 18.0 Å². The highest BCUT2D eigenvalue weighted by molar-refractivity contribution is 5.87. The average molecular weight is 407 g/mol. The zero-order valence-electron chi connectivity index (χ0n) is 16.2. The van der Waals surface area contributed by atoms with E-state index in [0.29, 0.717) is 24.5 Å². The van der Waals surface area contributed by atoms with Gasteiger partial charge in [0.2, 0.25) is 11.8 Å². The van der Waals surface area contributed by atoms with E-state index < -0.39 is 12.2 Å². The van der Waals surface area contributed by atoms with Crippen LogP contribution in [0.5, 0.6) is 5.88 Å². The number of hydrogen-bond donors (Lipinski definition) is 1. The number of ether oxygens (including phenoxy) is 1. The third-order valence-corrected chi connectivity index (χ3v) is 4.49. The first-order chi connectivity index (χ1) is 13.7. The lowest BCUT2D eigenvalue weighted by molar-refractivity contribution is -0.276. The highest BCUT2D eigenvalue weighted by Gasteiger charge is 2.31. The summed E-state index contributed by atoms with van der Waals surface area (Å²) in [6.07, 6.45) is 5.10. The number of allylic oxidation sites excluding steroid dienone is 4. The number of rotatable bonds is 7. The largest absolute Gasteiger partial charge is 0.574 e. The van der Waals surface area contributed by atoms with E-state index in [1.165, 1.54) is 18.3 Å². The van der Waals surface area contributed by atoms with Gasteiger partial charge < -0.3 is 15.0 Å². The first-order valence-corrected chi connectivity index (χ1v) is 9.15. The van der Waals surface area contributed by atoms with Gasteiger partial charge in [0.15, 0.2) is 0 Å². The Morgan fingerprint density at radius 3 is 2.55 bits per heavy atom. The first-order valence-electron chi connectivity index (χ1n) is 9.15. The minimum absolute atomic E-state index is 0.0772. The van der Waals surface area contributed by atoms with Crippen LogP contribution in [0, 0.1) is 5.92 Å². The van der Waals surface area contributed by atoms with Gasteiger partial charge in [-0.1, -0.05) is 31.4 Å². The Bertz CT molecular complexity index is 790. The first kappa shape index (κ1) is 22.3. The second-order valence-electron chi connectivity index (χ2n) is 6.49. The lowest BCUT2D eigenvalue weighted by Crippen LogP contribution is -2.38. The molecule has 0 atom stereocenters. The Morgan fingerprint density at radius 1 is 1.34 bits per heavy atom. The standard InChI is InChI=1S/C21H24F3N3O2/c1-4-6-7-18(16-10-12-27(13-11-16)20(28)5-2)15(3)26-17-8-9-19(25-14-17)29-21(22,23)24/h4-9,14,16,26H,2-3,10-13H2,1H3/b6-4-,18-7+. The van der Waals surface area contributed by atoms with Crippen LogP contribution in [0.4, 0.5) is 18.9 Å². The van der Waals surface area contributed by atoms with E-state index in [0.717, 1.165) is 24.5 Å². The number of piperidine rings is 1. The van der Waals surface area contributed by atoms with Gasteiger partial charge >= 0.3 is 6.36 Å². The summed E-state index contributed by atoms with van der Waals surface area (Å²) in [6.45, 7) is 10.8. The van der Waals surface area contributed by atoms with Gasteiger partial charge in [0.05, 0.1) is 11.9 Å². The van der Waals surface area contributed by atoms with Gasteiger partial charge in [0.1, 0.15) is 0 Å². The molecular formula is C21H24F3N3O2. The van der Waals surface area contributed by atoms with Crippen LogP contribution in [-0.4, -0.2) is 35.2 Å². The molecule has 1 aliphatic heterocycles. The van der Waals surface area contributed by atoms with E-state index in [1.54, 1.807) is 4.90 Å². The Hall–Kier alpha value is -3.03. The van der Waals surface area contributed by atoms with Crippen LogP contribution in [-0.2, 0) is 4.79 Å². The van der Waals surface area contributed by atoms with Crippen molar-refractivity contribution in [2.24, 2.45) is 5.92 Å². The Morgan fingerprint density at radius 2 is 2.03 bits per heavy atom. The number of nitrogens with one attached hydrogen (secondary N) is 1. The van der Waals surface area contributed by atoms with Crippen molar-refractivity contribution in [3.05, 3.63) is 67.1 Å². The minimum atomic E-state index is -4.78. The van der Waals surface area contributed by atoms with E-state index in [-0.39, 0.29) is 11.8 Å². The van der Waals surface area contributed by atoms with Crippen LogP contribution in [0.2, 0.25) is 0 Å². The van der Waals surface area contributed by atoms with Crippen LogP contribution in [0.3, 0.4) is 0 Å². The molecule has 0 saturated carbocycles. The Kier molecular flexibility index (Phi) is 7.64. The van der Waals surface area contributed by atoms with Crippen LogP contribution < -0.4 is 10.1 Å². The van der Waals surface area contributed by atoms with E-state index in [1.807, 2.05) is 25.2 Å². The summed E-state index contributed by atoms with van der Waals surface area (Å²) in [6, 6.07) is 2.58. The molecule has 1 aromatic rings. The van der Waals surface area contributed by atoms with Crippen LogP contribution in [0.25, 0.3) is 0 Å². The second kappa shape index (κ2) is 9.95. The van der Waals surface area contributed by atoms with E-state index in [4.69, 9.17) is 0 Å². The topological polar surface area (TPSA) is 54.5 Å². The number of nitrogens with zero attached hydrogens (tertiary/aromatic N) is 2. The molecule has 0 bridgehead atoms. The summed E-state index contributed by atoms with van der Waals surface area (Å²) in [7, 11) is 0. The molecular weight excluding hydrogens is 383 g/mol. The normalized spacial score (nSPS) is 16.0. The van der Waals surface area contributed by atoms with Gasteiger partial charge in [-0.25, -0.2) is 4.98 Å². The van der Waals surface area contributed by atoms with Crippen molar-refractivity contribution in [3.63, 3.8) is 0 Å². The highest BCUT2D eigenvalue weighted by Crippen LogP contribution is 2.30. The molecule has 1 saturated heterocycles. The van der Waals surface area contributed by atoms with Crippen molar-refractivity contribution in [3.8, 4) is 5.88 Å². The zero-order chi connectivity index (χ0) is 21.4. The zero-order valence-corrected chi connectivity index (χ0v) is 16.2. The fraction of sp³-hybridized carbons (Fsp3) is 0.333. The molecule has 1 aromatic heterocycles.